The number of halogens is 2. The lowest BCUT2D eigenvalue weighted by Gasteiger charge is -2.42. The van der Waals surface area contributed by atoms with Crippen LogP contribution in [0.15, 0.2) is 30.3 Å². The van der Waals surface area contributed by atoms with Crippen molar-refractivity contribution < 1.29 is 18.3 Å². The van der Waals surface area contributed by atoms with Gasteiger partial charge in [-0.3, -0.25) is 4.79 Å². The third-order valence-corrected chi connectivity index (χ3v) is 3.82. The summed E-state index contributed by atoms with van der Waals surface area (Å²) in [5, 5.41) is 2.71. The minimum Gasteiger partial charge on any atom is -0.364 e. The highest BCUT2D eigenvalue weighted by atomic mass is 19.3. The molecule has 3 aliphatic rings. The molecule has 1 N–H and O–H groups in total. The van der Waals surface area contributed by atoms with E-state index in [9.17, 15) is 13.6 Å². The first-order valence-corrected chi connectivity index (χ1v) is 5.85. The maximum Gasteiger partial charge on any atom is 0.256 e. The second-order valence-electron chi connectivity index (χ2n) is 5.12. The van der Waals surface area contributed by atoms with Crippen molar-refractivity contribution in [2.75, 3.05) is 11.9 Å². The predicted molar refractivity (Wildman–Crippen MR) is 61.4 cm³/mol. The summed E-state index contributed by atoms with van der Waals surface area (Å²) in [6.07, 6.45) is -2.18. The first-order chi connectivity index (χ1) is 8.56. The Kier molecular flexibility index (Phi) is 2.41. The van der Waals surface area contributed by atoms with Crippen LogP contribution in [0.25, 0.3) is 0 Å². The summed E-state index contributed by atoms with van der Waals surface area (Å²) in [4.78, 5) is 12.1. The molecule has 5 heteroatoms. The van der Waals surface area contributed by atoms with Gasteiger partial charge in [0.1, 0.15) is 5.60 Å². The summed E-state index contributed by atoms with van der Waals surface area (Å²) < 4.78 is 30.9. The number of rotatable bonds is 3. The van der Waals surface area contributed by atoms with Crippen LogP contribution < -0.4 is 5.32 Å². The highest BCUT2D eigenvalue weighted by Gasteiger charge is 2.70. The van der Waals surface area contributed by atoms with Crippen LogP contribution in [-0.4, -0.2) is 24.5 Å². The van der Waals surface area contributed by atoms with Crippen LogP contribution >= 0.6 is 0 Å². The molecular formula is C13H13F2NO2. The number of nitrogens with one attached hydrogen (secondary N) is 1. The second-order valence-corrected chi connectivity index (χ2v) is 5.12. The van der Waals surface area contributed by atoms with Crippen LogP contribution in [-0.2, 0) is 9.53 Å². The van der Waals surface area contributed by atoms with E-state index in [4.69, 9.17) is 4.74 Å². The topological polar surface area (TPSA) is 38.3 Å². The largest absolute Gasteiger partial charge is 0.364 e. The molecule has 1 aromatic rings. The number of alkyl halides is 2. The number of fused-ring (bicyclic) bond motifs is 1. The lowest BCUT2D eigenvalue weighted by molar-refractivity contribution is -0.144. The van der Waals surface area contributed by atoms with Crippen LogP contribution in [0.1, 0.15) is 12.8 Å². The molecule has 0 atom stereocenters. The van der Waals surface area contributed by atoms with Crippen molar-refractivity contribution in [1.29, 1.82) is 0 Å². The number of hydrogen-bond donors (Lipinski definition) is 1. The van der Waals surface area contributed by atoms with Crippen LogP contribution in [0.4, 0.5) is 14.5 Å². The average molecular weight is 253 g/mol. The Bertz CT molecular complexity index is 469. The van der Waals surface area contributed by atoms with Crippen LogP contribution in [0.2, 0.25) is 0 Å². The Morgan fingerprint density at radius 2 is 1.94 bits per heavy atom. The van der Waals surface area contributed by atoms with E-state index in [1.807, 2.05) is 6.07 Å². The molecule has 4 rings (SSSR count). The smallest absolute Gasteiger partial charge is 0.256 e. The molecule has 96 valence electrons. The van der Waals surface area contributed by atoms with Gasteiger partial charge in [0.05, 0.1) is 12.0 Å². The van der Waals surface area contributed by atoms with Crippen molar-refractivity contribution in [1.82, 2.24) is 0 Å². The van der Waals surface area contributed by atoms with E-state index in [1.54, 1.807) is 24.3 Å². The third kappa shape index (κ3) is 1.54. The third-order valence-electron chi connectivity index (χ3n) is 3.82. The maximum atomic E-state index is 12.8. The number of benzene rings is 1. The lowest BCUT2D eigenvalue weighted by Crippen LogP contribution is -2.54. The Morgan fingerprint density at radius 1 is 1.28 bits per heavy atom. The van der Waals surface area contributed by atoms with Crippen molar-refractivity contribution in [2.45, 2.75) is 24.9 Å². The first-order valence-electron chi connectivity index (χ1n) is 5.85. The minimum atomic E-state index is -2.42. The summed E-state index contributed by atoms with van der Waals surface area (Å²) >= 11 is 0. The van der Waals surface area contributed by atoms with Gasteiger partial charge in [0.25, 0.3) is 5.91 Å². The van der Waals surface area contributed by atoms with Gasteiger partial charge in [-0.15, -0.1) is 0 Å². The van der Waals surface area contributed by atoms with E-state index < -0.39 is 17.4 Å². The first kappa shape index (κ1) is 11.6. The number of hydrogen-bond acceptors (Lipinski definition) is 2. The monoisotopic (exact) mass is 253 g/mol. The summed E-state index contributed by atoms with van der Waals surface area (Å²) in [5.41, 5.74) is -1.47. The summed E-state index contributed by atoms with van der Waals surface area (Å²) in [6.45, 7) is -0.0210. The molecule has 1 saturated carbocycles. The van der Waals surface area contributed by atoms with Crippen molar-refractivity contribution in [3.05, 3.63) is 30.3 Å². The fourth-order valence-electron chi connectivity index (χ4n) is 2.78. The predicted octanol–water partition coefficient (Wildman–Crippen LogP) is 2.44. The Labute approximate surface area is 103 Å². The van der Waals surface area contributed by atoms with Gasteiger partial charge in [0.2, 0.25) is 6.43 Å². The van der Waals surface area contributed by atoms with Crippen molar-refractivity contribution in [3.63, 3.8) is 0 Å². The average Bonchev–Trinajstić information content (AvgIpc) is 2.86. The van der Waals surface area contributed by atoms with Gasteiger partial charge in [-0.25, -0.2) is 8.78 Å². The molecule has 2 bridgehead atoms. The molecule has 1 aliphatic carbocycles. The molecule has 1 aromatic carbocycles. The normalized spacial score (nSPS) is 33.3. The summed E-state index contributed by atoms with van der Waals surface area (Å²) in [6, 6.07) is 8.94. The van der Waals surface area contributed by atoms with Gasteiger partial charge in [-0.2, -0.15) is 0 Å². The maximum absolute atomic E-state index is 12.8. The SMILES string of the molecule is O=C(Nc1ccccc1)C12CC(C(F)F)(CO1)C2. The molecule has 0 aromatic heterocycles. The molecule has 18 heavy (non-hydrogen) atoms. The van der Waals surface area contributed by atoms with Crippen LogP contribution in [0.3, 0.4) is 0 Å². The zero-order valence-electron chi connectivity index (χ0n) is 9.66. The van der Waals surface area contributed by atoms with E-state index >= 15 is 0 Å². The van der Waals surface area contributed by atoms with Crippen LogP contribution in [0, 0.1) is 5.41 Å². The van der Waals surface area contributed by atoms with E-state index in [0.717, 1.165) is 0 Å². The van der Waals surface area contributed by atoms with Crippen LogP contribution in [0.5, 0.6) is 0 Å². The molecule has 2 heterocycles. The molecular weight excluding hydrogens is 240 g/mol. The Hall–Kier alpha value is -1.49. The highest BCUT2D eigenvalue weighted by molar-refractivity contribution is 5.98. The molecule has 3 nitrogen and oxygen atoms in total. The van der Waals surface area contributed by atoms with E-state index in [-0.39, 0.29) is 25.4 Å². The zero-order chi connectivity index (χ0) is 12.8. The summed E-state index contributed by atoms with van der Waals surface area (Å²) in [5.74, 6) is -0.317. The number of amides is 1. The minimum absolute atomic E-state index is 0.0210. The highest BCUT2D eigenvalue weighted by Crippen LogP contribution is 2.60. The fourth-order valence-corrected chi connectivity index (χ4v) is 2.78. The Balaban J connectivity index is 1.70. The number of para-hydroxylation sites is 1. The lowest BCUT2D eigenvalue weighted by atomic mass is 9.62. The molecule has 2 aliphatic heterocycles. The van der Waals surface area contributed by atoms with E-state index in [1.165, 1.54) is 0 Å². The zero-order valence-corrected chi connectivity index (χ0v) is 9.66. The van der Waals surface area contributed by atoms with E-state index in [0.29, 0.717) is 5.69 Å². The number of anilines is 1. The van der Waals surface area contributed by atoms with Gasteiger partial charge < -0.3 is 10.1 Å². The molecule has 0 spiro atoms. The van der Waals surface area contributed by atoms with Crippen molar-refractivity contribution in [2.24, 2.45) is 5.41 Å². The van der Waals surface area contributed by atoms with Crippen molar-refractivity contribution >= 4 is 11.6 Å². The fraction of sp³-hybridized carbons (Fsp3) is 0.462. The van der Waals surface area contributed by atoms with Gasteiger partial charge in [-0.1, -0.05) is 18.2 Å². The molecule has 0 radical (unpaired) electrons. The van der Waals surface area contributed by atoms with Gasteiger partial charge in [-0.05, 0) is 25.0 Å². The number of carbonyl (C=O) groups excluding carboxylic acids is 1. The van der Waals surface area contributed by atoms with Gasteiger partial charge >= 0.3 is 0 Å². The molecule has 1 amide bonds. The van der Waals surface area contributed by atoms with Gasteiger partial charge in [0.15, 0.2) is 0 Å². The van der Waals surface area contributed by atoms with Crippen molar-refractivity contribution in [3.8, 4) is 0 Å². The summed E-state index contributed by atoms with van der Waals surface area (Å²) in [7, 11) is 0. The van der Waals surface area contributed by atoms with E-state index in [2.05, 4.69) is 5.32 Å². The second kappa shape index (κ2) is 3.75. The number of carbonyl (C=O) groups is 1. The standard InChI is InChI=1S/C13H13F2NO2/c14-10(15)12-6-13(7-12,18-8-12)11(17)16-9-4-2-1-3-5-9/h1-5,10H,6-8H2,(H,16,17). The molecule has 0 unspecified atom stereocenters. The number of ether oxygens (including phenoxy) is 1. The molecule has 2 saturated heterocycles. The van der Waals surface area contributed by atoms with Gasteiger partial charge in [0, 0.05) is 5.69 Å². The molecule has 3 fully saturated rings. The Morgan fingerprint density at radius 3 is 2.50 bits per heavy atom. The quantitative estimate of drug-likeness (QED) is 0.898.